The van der Waals surface area contributed by atoms with Gasteiger partial charge < -0.3 is 9.57 Å². The summed E-state index contributed by atoms with van der Waals surface area (Å²) in [5.74, 6) is -0.202. The molecule has 0 amide bonds. The van der Waals surface area contributed by atoms with Crippen LogP contribution in [-0.2, 0) is 14.4 Å². The fourth-order valence-electron chi connectivity index (χ4n) is 1.32. The van der Waals surface area contributed by atoms with E-state index in [-0.39, 0.29) is 11.9 Å². The normalized spacial score (nSPS) is 24.1. The van der Waals surface area contributed by atoms with Gasteiger partial charge in [0.05, 0.1) is 12.5 Å². The second-order valence-corrected chi connectivity index (χ2v) is 4.57. The van der Waals surface area contributed by atoms with Crippen molar-refractivity contribution in [2.24, 2.45) is 5.92 Å². The number of nitrogens with one attached hydrogen (secondary N) is 1. The van der Waals surface area contributed by atoms with Crippen LogP contribution in [0.1, 0.15) is 33.6 Å². The second-order valence-electron chi connectivity index (χ2n) is 4.57. The van der Waals surface area contributed by atoms with Gasteiger partial charge in [0.25, 0.3) is 0 Å². The summed E-state index contributed by atoms with van der Waals surface area (Å²) in [6.07, 6.45) is 1.73. The molecule has 4 nitrogen and oxygen atoms in total. The number of carbonyl (C=O) groups is 1. The molecule has 0 aliphatic carbocycles. The number of ether oxygens (including phenoxy) is 1. The van der Waals surface area contributed by atoms with Crippen LogP contribution in [0.3, 0.4) is 0 Å². The smallest absolute Gasteiger partial charge is 0.310 e. The maximum absolute atomic E-state index is 11.6. The van der Waals surface area contributed by atoms with E-state index in [1.165, 1.54) is 0 Å². The minimum atomic E-state index is -0.399. The van der Waals surface area contributed by atoms with Gasteiger partial charge >= 0.3 is 5.97 Å². The molecule has 1 aliphatic heterocycles. The maximum atomic E-state index is 11.6. The number of carbonyl (C=O) groups excluding carboxylic acids is 1. The molecule has 1 aliphatic rings. The average Bonchev–Trinajstić information content (AvgIpc) is 2.27. The van der Waals surface area contributed by atoms with Gasteiger partial charge in [-0.2, -0.15) is 0 Å². The van der Waals surface area contributed by atoms with Crippen LogP contribution < -0.4 is 5.48 Å². The van der Waals surface area contributed by atoms with Crippen molar-refractivity contribution in [2.75, 3.05) is 13.2 Å². The van der Waals surface area contributed by atoms with Crippen LogP contribution >= 0.6 is 0 Å². The Balaban J connectivity index is 2.42. The fraction of sp³-hybridized carbons (Fsp3) is 0.900. The molecule has 0 aromatic heterocycles. The van der Waals surface area contributed by atoms with Crippen molar-refractivity contribution >= 4 is 5.97 Å². The molecule has 14 heavy (non-hydrogen) atoms. The van der Waals surface area contributed by atoms with E-state index in [1.54, 1.807) is 0 Å². The Hall–Kier alpha value is -0.610. The zero-order valence-corrected chi connectivity index (χ0v) is 9.13. The first-order chi connectivity index (χ1) is 6.49. The first-order valence-corrected chi connectivity index (χ1v) is 5.06. The first-order valence-electron chi connectivity index (χ1n) is 5.06. The van der Waals surface area contributed by atoms with Gasteiger partial charge in [0, 0.05) is 6.54 Å². The third-order valence-corrected chi connectivity index (χ3v) is 1.97. The highest BCUT2D eigenvalue weighted by Gasteiger charge is 2.25. The third kappa shape index (κ3) is 4.07. The van der Waals surface area contributed by atoms with E-state index in [1.807, 2.05) is 20.8 Å². The molecule has 1 unspecified atom stereocenters. The highest BCUT2D eigenvalue weighted by Crippen LogP contribution is 2.16. The molecule has 1 saturated heterocycles. The molecule has 1 heterocycles. The molecule has 0 saturated carbocycles. The molecule has 0 bridgehead atoms. The summed E-state index contributed by atoms with van der Waals surface area (Å²) in [6.45, 7) is 6.86. The Morgan fingerprint density at radius 3 is 2.86 bits per heavy atom. The lowest BCUT2D eigenvalue weighted by molar-refractivity contribution is -0.160. The van der Waals surface area contributed by atoms with Gasteiger partial charge in [-0.1, -0.05) is 0 Å². The van der Waals surface area contributed by atoms with Gasteiger partial charge in [-0.3, -0.25) is 4.79 Å². The van der Waals surface area contributed by atoms with Crippen molar-refractivity contribution in [2.45, 2.75) is 39.2 Å². The van der Waals surface area contributed by atoms with E-state index in [0.717, 1.165) is 12.8 Å². The summed E-state index contributed by atoms with van der Waals surface area (Å²) in [5.41, 5.74) is 2.36. The van der Waals surface area contributed by atoms with Crippen molar-refractivity contribution in [1.82, 2.24) is 5.48 Å². The predicted molar refractivity (Wildman–Crippen MR) is 52.5 cm³/mol. The van der Waals surface area contributed by atoms with Gasteiger partial charge in [-0.15, -0.1) is 0 Å². The summed E-state index contributed by atoms with van der Waals surface area (Å²) >= 11 is 0. The number of hydrogen-bond acceptors (Lipinski definition) is 4. The van der Waals surface area contributed by atoms with E-state index >= 15 is 0 Å². The molecule has 4 heteroatoms. The van der Waals surface area contributed by atoms with E-state index in [0.29, 0.717) is 13.2 Å². The molecule has 0 radical (unpaired) electrons. The standard InChI is InChI=1S/C10H19NO3/c1-10(2,3)14-9(12)8-5-4-6-13-11-7-8/h8,11H,4-7H2,1-3H3. The van der Waals surface area contributed by atoms with Crippen LogP contribution in [0.2, 0.25) is 0 Å². The van der Waals surface area contributed by atoms with Gasteiger partial charge in [-0.05, 0) is 33.6 Å². The molecule has 1 rings (SSSR count). The van der Waals surface area contributed by atoms with Crippen molar-refractivity contribution in [1.29, 1.82) is 0 Å². The minimum Gasteiger partial charge on any atom is -0.460 e. The lowest BCUT2D eigenvalue weighted by Crippen LogP contribution is -2.33. The molecule has 0 aromatic carbocycles. The number of hydrogen-bond donors (Lipinski definition) is 1. The summed E-state index contributed by atoms with van der Waals surface area (Å²) < 4.78 is 5.30. The molecule has 0 aromatic rings. The van der Waals surface area contributed by atoms with Crippen molar-refractivity contribution < 1.29 is 14.4 Å². The lowest BCUT2D eigenvalue weighted by Gasteiger charge is -2.22. The zero-order chi connectivity index (χ0) is 10.6. The van der Waals surface area contributed by atoms with Crippen LogP contribution in [0.4, 0.5) is 0 Å². The summed E-state index contributed by atoms with van der Waals surface area (Å²) in [7, 11) is 0. The maximum Gasteiger partial charge on any atom is 0.310 e. The number of rotatable bonds is 1. The molecule has 82 valence electrons. The van der Waals surface area contributed by atoms with E-state index in [2.05, 4.69) is 5.48 Å². The zero-order valence-electron chi connectivity index (χ0n) is 9.13. The van der Waals surface area contributed by atoms with E-state index in [4.69, 9.17) is 9.57 Å². The predicted octanol–water partition coefficient (Wildman–Crippen LogP) is 1.26. The van der Waals surface area contributed by atoms with Crippen LogP contribution in [0, 0.1) is 5.92 Å². The van der Waals surface area contributed by atoms with Crippen molar-refractivity contribution in [3.05, 3.63) is 0 Å². The average molecular weight is 201 g/mol. The number of esters is 1. The Kier molecular flexibility index (Phi) is 3.89. The van der Waals surface area contributed by atoms with Crippen LogP contribution in [0.15, 0.2) is 0 Å². The quantitative estimate of drug-likeness (QED) is 0.649. The number of hydroxylamine groups is 1. The molecular weight excluding hydrogens is 182 g/mol. The van der Waals surface area contributed by atoms with Crippen LogP contribution in [0.5, 0.6) is 0 Å². The fourth-order valence-corrected chi connectivity index (χ4v) is 1.32. The molecular formula is C10H19NO3. The van der Waals surface area contributed by atoms with E-state index < -0.39 is 5.60 Å². The van der Waals surface area contributed by atoms with Gasteiger partial charge in [0.15, 0.2) is 0 Å². The van der Waals surface area contributed by atoms with Gasteiger partial charge in [0.2, 0.25) is 0 Å². The largest absolute Gasteiger partial charge is 0.460 e. The second kappa shape index (κ2) is 4.75. The molecule has 1 fully saturated rings. The lowest BCUT2D eigenvalue weighted by atomic mass is 10.0. The Bertz CT molecular complexity index is 190. The van der Waals surface area contributed by atoms with Crippen molar-refractivity contribution in [3.8, 4) is 0 Å². The molecule has 0 spiro atoms. The van der Waals surface area contributed by atoms with Crippen molar-refractivity contribution in [3.63, 3.8) is 0 Å². The van der Waals surface area contributed by atoms with Crippen LogP contribution in [-0.4, -0.2) is 24.7 Å². The van der Waals surface area contributed by atoms with E-state index in [9.17, 15) is 4.79 Å². The SMILES string of the molecule is CC(C)(C)OC(=O)C1CCCONC1. The van der Waals surface area contributed by atoms with Gasteiger partial charge in [0.1, 0.15) is 5.60 Å². The first kappa shape index (κ1) is 11.5. The monoisotopic (exact) mass is 201 g/mol. The topological polar surface area (TPSA) is 47.6 Å². The molecule has 1 atom stereocenters. The Labute approximate surface area is 84.9 Å². The Morgan fingerprint density at radius 1 is 1.50 bits per heavy atom. The highest BCUT2D eigenvalue weighted by atomic mass is 16.6. The van der Waals surface area contributed by atoms with Crippen LogP contribution in [0.25, 0.3) is 0 Å². The third-order valence-electron chi connectivity index (χ3n) is 1.97. The Morgan fingerprint density at radius 2 is 2.21 bits per heavy atom. The minimum absolute atomic E-state index is 0.0725. The van der Waals surface area contributed by atoms with Gasteiger partial charge in [-0.25, -0.2) is 5.48 Å². The molecule has 1 N–H and O–H groups in total. The summed E-state index contributed by atoms with van der Waals surface area (Å²) in [5, 5.41) is 0. The summed E-state index contributed by atoms with van der Waals surface area (Å²) in [4.78, 5) is 16.7. The summed E-state index contributed by atoms with van der Waals surface area (Å²) in [6, 6.07) is 0. The highest BCUT2D eigenvalue weighted by molar-refractivity contribution is 5.73.